The summed E-state index contributed by atoms with van der Waals surface area (Å²) in [5, 5.41) is 0. The van der Waals surface area contributed by atoms with Gasteiger partial charge in [-0.3, -0.25) is 18.6 Å². The van der Waals surface area contributed by atoms with Crippen LogP contribution in [0.4, 0.5) is 0 Å². The molecular formula is C44H71O8P. The van der Waals surface area contributed by atoms with Gasteiger partial charge in [-0.1, -0.05) is 137 Å². The van der Waals surface area contributed by atoms with Crippen molar-refractivity contribution >= 4 is 19.8 Å². The Bertz CT molecular complexity index is 1180. The van der Waals surface area contributed by atoms with Crippen LogP contribution in [0.5, 0.6) is 0 Å². The number of hydrogen-bond acceptors (Lipinski definition) is 7. The Balaban J connectivity index is 4.16. The smallest absolute Gasteiger partial charge is 0.462 e. The highest BCUT2D eigenvalue weighted by atomic mass is 31.2. The van der Waals surface area contributed by atoms with Gasteiger partial charge in [0.1, 0.15) is 6.61 Å². The zero-order valence-corrected chi connectivity index (χ0v) is 34.0. The van der Waals surface area contributed by atoms with Crippen molar-refractivity contribution in [1.29, 1.82) is 0 Å². The van der Waals surface area contributed by atoms with Crippen molar-refractivity contribution in [3.63, 3.8) is 0 Å². The second-order valence-corrected chi connectivity index (χ2v) is 14.2. The minimum atomic E-state index is -4.28. The van der Waals surface area contributed by atoms with Crippen molar-refractivity contribution in [2.24, 2.45) is 0 Å². The van der Waals surface area contributed by atoms with Crippen LogP contribution in [0.1, 0.15) is 142 Å². The number of esters is 2. The van der Waals surface area contributed by atoms with Crippen LogP contribution in [0.2, 0.25) is 0 Å². The summed E-state index contributed by atoms with van der Waals surface area (Å²) >= 11 is 0. The SMILES string of the molecule is CC/C=C\C/C=C\C/C=C\C/C=C\C/C=C\CCCCCC(=O)OC(COC(=O)CCCCCCC/C=C\C/C=C\C/C=C\CC)COP(=O)(O)OC. The van der Waals surface area contributed by atoms with Crippen molar-refractivity contribution in [3.05, 3.63) is 97.2 Å². The highest BCUT2D eigenvalue weighted by Gasteiger charge is 2.24. The molecule has 300 valence electrons. The predicted octanol–water partition coefficient (Wildman–Crippen LogP) is 12.5. The van der Waals surface area contributed by atoms with E-state index in [1.807, 2.05) is 0 Å². The number of unbranched alkanes of at least 4 members (excludes halogenated alkanes) is 8. The predicted molar refractivity (Wildman–Crippen MR) is 220 cm³/mol. The molecular weight excluding hydrogens is 687 g/mol. The fourth-order valence-electron chi connectivity index (χ4n) is 4.81. The lowest BCUT2D eigenvalue weighted by molar-refractivity contribution is -0.161. The van der Waals surface area contributed by atoms with Crippen LogP contribution in [0.3, 0.4) is 0 Å². The van der Waals surface area contributed by atoms with Crippen molar-refractivity contribution in [1.82, 2.24) is 0 Å². The van der Waals surface area contributed by atoms with Crippen molar-refractivity contribution in [2.45, 2.75) is 148 Å². The Morgan fingerprint density at radius 1 is 0.528 bits per heavy atom. The highest BCUT2D eigenvalue weighted by molar-refractivity contribution is 7.47. The molecule has 1 N–H and O–H groups in total. The Labute approximate surface area is 322 Å². The zero-order chi connectivity index (χ0) is 38.9. The molecule has 0 aromatic rings. The third-order valence-corrected chi connectivity index (χ3v) is 8.76. The van der Waals surface area contributed by atoms with E-state index in [0.717, 1.165) is 110 Å². The molecule has 8 nitrogen and oxygen atoms in total. The molecule has 0 saturated heterocycles. The molecule has 0 rings (SSSR count). The first-order valence-corrected chi connectivity index (χ1v) is 21.4. The van der Waals surface area contributed by atoms with E-state index in [-0.39, 0.29) is 19.4 Å². The minimum absolute atomic E-state index is 0.195. The first-order valence-electron chi connectivity index (χ1n) is 19.9. The first kappa shape index (κ1) is 50.0. The maximum Gasteiger partial charge on any atom is 0.472 e. The molecule has 53 heavy (non-hydrogen) atoms. The molecule has 0 heterocycles. The molecule has 9 heteroatoms. The summed E-state index contributed by atoms with van der Waals surface area (Å²) in [5.74, 6) is -0.873. The fraction of sp³-hybridized carbons (Fsp3) is 0.591. The quantitative estimate of drug-likeness (QED) is 0.0294. The average molecular weight is 759 g/mol. The standard InChI is InChI=1S/C44H71O8P/c1-4-6-8-10-12-14-16-18-20-21-22-23-25-27-29-31-33-35-37-39-44(46)52-42(41-51-53(47,48)49-3)40-50-43(45)38-36-34-32-30-28-26-24-19-17-15-13-11-9-7-5-2/h6-9,12-15,18-20,22-24,27,29,42H,4-5,10-11,16-17,21,25-26,28,30-41H2,1-3H3,(H,47,48)/b8-6-,9-7-,14-12-,15-13-,20-18-,23-22-,24-19-,29-27-. The van der Waals surface area contributed by atoms with E-state index in [1.165, 1.54) is 0 Å². The van der Waals surface area contributed by atoms with Gasteiger partial charge >= 0.3 is 19.8 Å². The van der Waals surface area contributed by atoms with Crippen molar-refractivity contribution < 1.29 is 37.6 Å². The summed E-state index contributed by atoms with van der Waals surface area (Å²) in [6.45, 7) is 3.60. The highest BCUT2D eigenvalue weighted by Crippen LogP contribution is 2.42. The maximum atomic E-state index is 12.5. The van der Waals surface area contributed by atoms with Gasteiger partial charge in [-0.15, -0.1) is 0 Å². The Morgan fingerprint density at radius 3 is 1.36 bits per heavy atom. The maximum absolute atomic E-state index is 12.5. The number of carbonyl (C=O) groups is 2. The molecule has 0 aliphatic heterocycles. The van der Waals surface area contributed by atoms with E-state index >= 15 is 0 Å². The number of hydrogen-bond donors (Lipinski definition) is 1. The number of rotatable bonds is 35. The molecule has 2 unspecified atom stereocenters. The van der Waals surface area contributed by atoms with E-state index in [9.17, 15) is 19.0 Å². The summed E-state index contributed by atoms with van der Waals surface area (Å²) in [6.07, 6.45) is 51.7. The largest absolute Gasteiger partial charge is 0.472 e. The second kappa shape index (κ2) is 38.7. The Kier molecular flexibility index (Phi) is 36.5. The van der Waals surface area contributed by atoms with Crippen LogP contribution in [0.25, 0.3) is 0 Å². The summed E-state index contributed by atoms with van der Waals surface area (Å²) in [7, 11) is -3.23. The first-order chi connectivity index (χ1) is 25.8. The van der Waals surface area contributed by atoms with Gasteiger partial charge < -0.3 is 14.4 Å². The van der Waals surface area contributed by atoms with Crippen molar-refractivity contribution in [3.8, 4) is 0 Å². The van der Waals surface area contributed by atoms with E-state index in [0.29, 0.717) is 12.8 Å². The van der Waals surface area contributed by atoms with Crippen LogP contribution < -0.4 is 0 Å². The van der Waals surface area contributed by atoms with E-state index in [1.54, 1.807) is 0 Å². The summed E-state index contributed by atoms with van der Waals surface area (Å²) < 4.78 is 31.9. The number of allylic oxidation sites excluding steroid dienone is 16. The molecule has 0 aromatic heterocycles. The Morgan fingerprint density at radius 2 is 0.906 bits per heavy atom. The van der Waals surface area contributed by atoms with Gasteiger partial charge in [0.15, 0.2) is 6.10 Å². The topological polar surface area (TPSA) is 108 Å². The summed E-state index contributed by atoms with van der Waals surface area (Å²) in [4.78, 5) is 34.4. The normalized spacial score (nSPS) is 14.4. The van der Waals surface area contributed by atoms with Gasteiger partial charge in [-0.2, -0.15) is 0 Å². The number of ether oxygens (including phenoxy) is 2. The molecule has 0 saturated carbocycles. The molecule has 0 fully saturated rings. The lowest BCUT2D eigenvalue weighted by atomic mass is 10.1. The minimum Gasteiger partial charge on any atom is -0.462 e. The lowest BCUT2D eigenvalue weighted by Crippen LogP contribution is -2.29. The molecule has 2 atom stereocenters. The van der Waals surface area contributed by atoms with Crippen molar-refractivity contribution in [2.75, 3.05) is 20.3 Å². The molecule has 0 radical (unpaired) electrons. The molecule has 0 amide bonds. The third kappa shape index (κ3) is 38.5. The van der Waals surface area contributed by atoms with Gasteiger partial charge in [0.05, 0.1) is 6.61 Å². The van der Waals surface area contributed by atoms with Gasteiger partial charge in [0.25, 0.3) is 0 Å². The van der Waals surface area contributed by atoms with E-state index in [2.05, 4.69) is 116 Å². The Hall–Kier alpha value is -3.03. The monoisotopic (exact) mass is 758 g/mol. The van der Waals surface area contributed by atoms with Crippen LogP contribution >= 0.6 is 7.82 Å². The fourth-order valence-corrected chi connectivity index (χ4v) is 5.27. The number of carbonyl (C=O) groups excluding carboxylic acids is 2. The number of phosphoric ester groups is 1. The van der Waals surface area contributed by atoms with Crippen LogP contribution in [-0.4, -0.2) is 43.3 Å². The number of phosphoric acid groups is 1. The van der Waals surface area contributed by atoms with Gasteiger partial charge in [-0.05, 0) is 89.9 Å². The summed E-state index contributed by atoms with van der Waals surface area (Å²) in [6, 6.07) is 0. The van der Waals surface area contributed by atoms with Gasteiger partial charge in [-0.25, -0.2) is 4.57 Å². The second-order valence-electron chi connectivity index (χ2n) is 12.6. The molecule has 0 aromatic carbocycles. The van der Waals surface area contributed by atoms with Crippen LogP contribution in [0.15, 0.2) is 97.2 Å². The molecule has 0 aliphatic carbocycles. The molecule has 0 spiro atoms. The molecule has 0 aliphatic rings. The van der Waals surface area contributed by atoms with Crippen LogP contribution in [0, 0.1) is 0 Å². The van der Waals surface area contributed by atoms with E-state index in [4.69, 9.17) is 14.0 Å². The lowest BCUT2D eigenvalue weighted by Gasteiger charge is -2.19. The average Bonchev–Trinajstić information content (AvgIpc) is 3.15. The van der Waals surface area contributed by atoms with Gasteiger partial charge in [0, 0.05) is 20.0 Å². The van der Waals surface area contributed by atoms with E-state index < -0.39 is 32.5 Å². The summed E-state index contributed by atoms with van der Waals surface area (Å²) in [5.41, 5.74) is 0. The third-order valence-electron chi connectivity index (χ3n) is 7.82. The molecule has 0 bridgehead atoms. The van der Waals surface area contributed by atoms with Crippen LogP contribution in [-0.2, 0) is 32.7 Å². The zero-order valence-electron chi connectivity index (χ0n) is 33.1. The van der Waals surface area contributed by atoms with Gasteiger partial charge in [0.2, 0.25) is 0 Å².